The lowest BCUT2D eigenvalue weighted by atomic mass is 9.75. The summed E-state index contributed by atoms with van der Waals surface area (Å²) in [6, 6.07) is 11.8. The van der Waals surface area contributed by atoms with E-state index < -0.39 is 18.0 Å². The first-order chi connectivity index (χ1) is 18.9. The summed E-state index contributed by atoms with van der Waals surface area (Å²) in [6.45, 7) is -2.97. The van der Waals surface area contributed by atoms with Gasteiger partial charge in [0.05, 0.1) is 34.3 Å². The number of halogens is 3. The van der Waals surface area contributed by atoms with E-state index in [-0.39, 0.29) is 17.8 Å². The average molecular weight is 530 g/mol. The number of imidazole rings is 1. The topological polar surface area (TPSA) is 96.7 Å². The molecule has 1 saturated carbocycles. The molecule has 0 saturated heterocycles. The smallest absolute Gasteiger partial charge is 0.387 e. The molecule has 2 bridgehead atoms. The van der Waals surface area contributed by atoms with Crippen LogP contribution in [0.1, 0.15) is 54.8 Å². The van der Waals surface area contributed by atoms with Gasteiger partial charge in [-0.25, -0.2) is 9.37 Å². The van der Waals surface area contributed by atoms with Crippen LogP contribution in [-0.2, 0) is 5.54 Å². The minimum Gasteiger partial charge on any atom is -0.434 e. The number of fused-ring (bicyclic) bond motifs is 6. The quantitative estimate of drug-likeness (QED) is 0.338. The number of aromatic nitrogens is 6. The molecular weight excluding hydrogens is 507 g/mol. The lowest BCUT2D eigenvalue weighted by Crippen LogP contribution is -2.44. The molecule has 2 atom stereocenters. The minimum atomic E-state index is -2.97. The van der Waals surface area contributed by atoms with Gasteiger partial charge in [0.15, 0.2) is 5.82 Å². The SMILES string of the molecule is NC1(c2ncc(-c3ccc4nc5n(c4c3)[C@@H]3C[C@H]5n4cnnc4-c4cccc(OC(F)F)c43)cc2F)CCC1. The van der Waals surface area contributed by atoms with E-state index >= 15 is 4.39 Å². The summed E-state index contributed by atoms with van der Waals surface area (Å²) in [7, 11) is 0. The Morgan fingerprint density at radius 2 is 1.95 bits per heavy atom. The first-order valence-electron chi connectivity index (χ1n) is 12.9. The van der Waals surface area contributed by atoms with Crippen LogP contribution in [0.25, 0.3) is 33.5 Å². The van der Waals surface area contributed by atoms with Gasteiger partial charge in [0.25, 0.3) is 0 Å². The molecular formula is C28H22F3N7O. The standard InChI is InChI=1S/C28H22F3N7O/c29-17-9-15(12-33-24(17)28(32)7-2-8-28)14-5-6-18-19(10-14)38-20-11-21(26(38)35-18)37-13-34-36-25(37)16-3-1-4-22(23(16)20)39-27(30)31/h1,3-6,9-10,12-13,20-21,27H,2,7-8,11,32H2/t20-,21-/m1/s1. The number of nitrogens with two attached hydrogens (primary N) is 1. The normalized spacial score (nSPS) is 20.3. The van der Waals surface area contributed by atoms with Crippen molar-refractivity contribution in [1.29, 1.82) is 0 Å². The molecule has 5 aromatic rings. The van der Waals surface area contributed by atoms with Crippen molar-refractivity contribution in [2.24, 2.45) is 5.73 Å². The third-order valence-corrected chi connectivity index (χ3v) is 8.43. The van der Waals surface area contributed by atoms with Gasteiger partial charge < -0.3 is 19.6 Å². The molecule has 2 aromatic carbocycles. The van der Waals surface area contributed by atoms with Crippen molar-refractivity contribution in [1.82, 2.24) is 29.3 Å². The highest BCUT2D eigenvalue weighted by molar-refractivity contribution is 5.84. The van der Waals surface area contributed by atoms with Crippen molar-refractivity contribution >= 4 is 11.0 Å². The number of rotatable bonds is 4. The summed E-state index contributed by atoms with van der Waals surface area (Å²) >= 11 is 0. The summed E-state index contributed by atoms with van der Waals surface area (Å²) in [6.07, 6.45) is 6.29. The Kier molecular flexibility index (Phi) is 4.59. The number of ether oxygens (including phenoxy) is 1. The lowest BCUT2D eigenvalue weighted by Gasteiger charge is -2.37. The third-order valence-electron chi connectivity index (χ3n) is 8.43. The van der Waals surface area contributed by atoms with Crippen LogP contribution >= 0.6 is 0 Å². The predicted molar refractivity (Wildman–Crippen MR) is 136 cm³/mol. The van der Waals surface area contributed by atoms with Crippen LogP contribution in [0.2, 0.25) is 0 Å². The highest BCUT2D eigenvalue weighted by Gasteiger charge is 2.43. The fourth-order valence-electron chi connectivity index (χ4n) is 6.46. The third kappa shape index (κ3) is 3.16. The van der Waals surface area contributed by atoms with E-state index in [2.05, 4.69) is 19.7 Å². The van der Waals surface area contributed by atoms with Crippen LogP contribution in [0.15, 0.2) is 55.0 Å². The Bertz CT molecular complexity index is 1790. The van der Waals surface area contributed by atoms with Crippen LogP contribution in [0.5, 0.6) is 5.75 Å². The maximum absolute atomic E-state index is 15.1. The molecule has 0 spiro atoms. The molecule has 2 aliphatic heterocycles. The van der Waals surface area contributed by atoms with E-state index in [0.29, 0.717) is 34.6 Å². The molecule has 2 N–H and O–H groups in total. The summed E-state index contributed by atoms with van der Waals surface area (Å²) in [5.74, 6) is 1.05. The number of hydrogen-bond donors (Lipinski definition) is 1. The van der Waals surface area contributed by atoms with Crippen LogP contribution in [0.3, 0.4) is 0 Å². The van der Waals surface area contributed by atoms with Crippen LogP contribution in [0.4, 0.5) is 13.2 Å². The number of pyridine rings is 1. The highest BCUT2D eigenvalue weighted by Crippen LogP contribution is 2.52. The maximum Gasteiger partial charge on any atom is 0.387 e. The van der Waals surface area contributed by atoms with E-state index in [1.54, 1.807) is 24.7 Å². The van der Waals surface area contributed by atoms with Gasteiger partial charge in [0.2, 0.25) is 0 Å². The van der Waals surface area contributed by atoms with Crippen LogP contribution in [-0.4, -0.2) is 35.9 Å². The Morgan fingerprint density at radius 3 is 2.72 bits per heavy atom. The Balaban J connectivity index is 1.30. The van der Waals surface area contributed by atoms with Crippen molar-refractivity contribution in [2.75, 3.05) is 0 Å². The molecule has 39 heavy (non-hydrogen) atoms. The fraction of sp³-hybridized carbons (Fsp3) is 0.286. The molecule has 1 aliphatic carbocycles. The molecule has 8 rings (SSSR count). The summed E-state index contributed by atoms with van der Waals surface area (Å²) in [5.41, 5.74) is 10.2. The number of benzene rings is 2. The molecule has 3 aliphatic rings. The second kappa shape index (κ2) is 7.89. The number of hydrogen-bond acceptors (Lipinski definition) is 6. The zero-order valence-corrected chi connectivity index (χ0v) is 20.6. The van der Waals surface area contributed by atoms with Crippen LogP contribution in [0, 0.1) is 5.82 Å². The molecule has 0 radical (unpaired) electrons. The average Bonchev–Trinajstić information content (AvgIpc) is 3.59. The van der Waals surface area contributed by atoms with E-state index in [4.69, 9.17) is 15.5 Å². The maximum atomic E-state index is 15.1. The van der Waals surface area contributed by atoms with Crippen molar-refractivity contribution in [3.05, 3.63) is 77.9 Å². The first-order valence-corrected chi connectivity index (χ1v) is 12.9. The number of alkyl halides is 2. The zero-order valence-electron chi connectivity index (χ0n) is 20.6. The lowest BCUT2D eigenvalue weighted by molar-refractivity contribution is -0.0506. The highest BCUT2D eigenvalue weighted by atomic mass is 19.3. The fourth-order valence-corrected chi connectivity index (χ4v) is 6.46. The first kappa shape index (κ1) is 22.7. The van der Waals surface area contributed by atoms with Gasteiger partial charge >= 0.3 is 6.61 Å². The van der Waals surface area contributed by atoms with Gasteiger partial charge in [-0.15, -0.1) is 10.2 Å². The second-order valence-electron chi connectivity index (χ2n) is 10.5. The van der Waals surface area contributed by atoms with Gasteiger partial charge in [-0.05, 0) is 49.1 Å². The second-order valence-corrected chi connectivity index (χ2v) is 10.5. The summed E-state index contributed by atoms with van der Waals surface area (Å²) in [4.78, 5) is 9.34. The molecule has 8 nitrogen and oxygen atoms in total. The molecule has 1 fully saturated rings. The van der Waals surface area contributed by atoms with Crippen molar-refractivity contribution in [3.63, 3.8) is 0 Å². The summed E-state index contributed by atoms with van der Waals surface area (Å²) in [5, 5.41) is 8.41. The molecule has 0 unspecified atom stereocenters. The van der Waals surface area contributed by atoms with E-state index in [0.717, 1.165) is 41.7 Å². The predicted octanol–water partition coefficient (Wildman–Crippen LogP) is 5.33. The Hall–Kier alpha value is -4.25. The van der Waals surface area contributed by atoms with E-state index in [1.807, 2.05) is 28.8 Å². The largest absolute Gasteiger partial charge is 0.434 e. The molecule has 11 heteroatoms. The Morgan fingerprint density at radius 1 is 1.08 bits per heavy atom. The van der Waals surface area contributed by atoms with Gasteiger partial charge in [0, 0.05) is 29.3 Å². The molecule has 0 amide bonds. The number of nitrogens with zero attached hydrogens (tertiary/aromatic N) is 6. The Labute approximate surface area is 220 Å². The minimum absolute atomic E-state index is 0.0992. The van der Waals surface area contributed by atoms with Gasteiger partial charge in [-0.1, -0.05) is 18.2 Å². The zero-order chi connectivity index (χ0) is 26.5. The van der Waals surface area contributed by atoms with Gasteiger partial charge in [-0.3, -0.25) is 4.98 Å². The van der Waals surface area contributed by atoms with Gasteiger partial charge in [0.1, 0.15) is 23.7 Å². The van der Waals surface area contributed by atoms with Crippen molar-refractivity contribution < 1.29 is 17.9 Å². The van der Waals surface area contributed by atoms with Gasteiger partial charge in [-0.2, -0.15) is 8.78 Å². The van der Waals surface area contributed by atoms with Crippen molar-refractivity contribution in [2.45, 2.75) is 49.9 Å². The van der Waals surface area contributed by atoms with E-state index in [9.17, 15) is 8.78 Å². The monoisotopic (exact) mass is 529 g/mol. The molecule has 3 aromatic heterocycles. The molecule has 5 heterocycles. The molecule has 196 valence electrons. The van der Waals surface area contributed by atoms with Crippen LogP contribution < -0.4 is 10.5 Å². The van der Waals surface area contributed by atoms with E-state index in [1.165, 1.54) is 6.07 Å². The van der Waals surface area contributed by atoms with Crippen molar-refractivity contribution in [3.8, 4) is 28.3 Å². The summed E-state index contributed by atoms with van der Waals surface area (Å²) < 4.78 is 51.0.